The third-order valence-corrected chi connectivity index (χ3v) is 8.29. The molecule has 1 atom stereocenters. The van der Waals surface area contributed by atoms with Crippen molar-refractivity contribution >= 4 is 0 Å². The minimum Gasteiger partial charge on any atom is -0.207 e. The Morgan fingerprint density at radius 2 is 1.58 bits per heavy atom. The summed E-state index contributed by atoms with van der Waals surface area (Å²) in [5.41, 5.74) is 9.65. The first-order chi connectivity index (χ1) is 16.0. The van der Waals surface area contributed by atoms with Gasteiger partial charge >= 0.3 is 0 Å². The number of hydrogen-bond donors (Lipinski definition) is 0. The summed E-state index contributed by atoms with van der Waals surface area (Å²) in [5.74, 6) is 1.76. The summed E-state index contributed by atoms with van der Waals surface area (Å²) in [6.07, 6.45) is 17.1. The fourth-order valence-electron chi connectivity index (χ4n) is 6.25. The highest BCUT2D eigenvalue weighted by atomic mass is 19.1. The van der Waals surface area contributed by atoms with Gasteiger partial charge in [-0.1, -0.05) is 51.0 Å². The summed E-state index contributed by atoms with van der Waals surface area (Å²) >= 11 is 0. The fraction of sp³-hybridized carbons (Fsp3) is 0.645. The van der Waals surface area contributed by atoms with Crippen LogP contribution >= 0.6 is 0 Å². The Hall–Kier alpha value is -1.84. The summed E-state index contributed by atoms with van der Waals surface area (Å²) < 4.78 is 29.9. The van der Waals surface area contributed by atoms with Gasteiger partial charge in [0.2, 0.25) is 0 Å². The summed E-state index contributed by atoms with van der Waals surface area (Å²) in [4.78, 5) is 0. The second kappa shape index (κ2) is 13.2. The van der Waals surface area contributed by atoms with Crippen LogP contribution in [0, 0.1) is 29.4 Å². The average molecular weight is 467 g/mol. The molecule has 3 rings (SSSR count). The lowest BCUT2D eigenvalue weighted by molar-refractivity contribution is 0.171. The molecule has 194 valence electrons. The van der Waals surface area contributed by atoms with Crippen molar-refractivity contribution in [1.82, 2.24) is 0 Å². The molecule has 1 aromatic rings. The van der Waals surface area contributed by atoms with Crippen LogP contribution in [0.4, 0.5) is 8.78 Å². The summed E-state index contributed by atoms with van der Waals surface area (Å²) in [6.45, 7) is 7.67. The van der Waals surface area contributed by atoms with E-state index < -0.39 is 0 Å². The maximum atomic E-state index is 14.9. The molecule has 2 heteroatoms. The van der Waals surface area contributed by atoms with Gasteiger partial charge < -0.3 is 0 Å². The van der Waals surface area contributed by atoms with Gasteiger partial charge in [-0.3, -0.25) is 0 Å². The fourth-order valence-corrected chi connectivity index (χ4v) is 6.25. The Morgan fingerprint density at radius 1 is 0.970 bits per heavy atom. The molecule has 2 saturated carbocycles. The van der Waals surface area contributed by atoms with Gasteiger partial charge in [-0.05, 0) is 123 Å². The highest BCUT2D eigenvalue weighted by molar-refractivity contribution is 5.31. The van der Waals surface area contributed by atoms with E-state index in [9.17, 15) is 8.78 Å². The SMILES string of the molecule is C=C=C=C=CC1CCC(C2CCC(c3cc(F)c(C(C)CCCCCC)c(F)c3)CC2)CC1.[HH].[HH].[HH].[HH].[HH].[HH].[HH]. The molecule has 0 nitrogen and oxygen atoms in total. The van der Waals surface area contributed by atoms with E-state index in [0.717, 1.165) is 49.5 Å². The molecular formula is C31H56F2. The molecule has 1 unspecified atom stereocenters. The molecule has 0 amide bonds. The number of halogens is 2. The van der Waals surface area contributed by atoms with Gasteiger partial charge in [-0.15, -0.1) is 0 Å². The first kappa shape index (κ1) is 25.8. The quantitative estimate of drug-likeness (QED) is 0.251. The topological polar surface area (TPSA) is 0 Å². The first-order valence-corrected chi connectivity index (χ1v) is 13.4. The average Bonchev–Trinajstić information content (AvgIpc) is 2.82. The van der Waals surface area contributed by atoms with Crippen molar-refractivity contribution in [2.24, 2.45) is 17.8 Å². The molecule has 0 saturated heterocycles. The molecule has 2 aliphatic carbocycles. The predicted octanol–water partition coefficient (Wildman–Crippen LogP) is 11.5. The van der Waals surface area contributed by atoms with Gasteiger partial charge in [0.05, 0.1) is 0 Å². The number of hydrogen-bond acceptors (Lipinski definition) is 0. The Kier molecular flexibility index (Phi) is 10.3. The number of benzene rings is 1. The minimum atomic E-state index is -0.332. The van der Waals surface area contributed by atoms with Crippen LogP contribution in [-0.4, -0.2) is 0 Å². The Balaban J connectivity index is -0.000000583. The van der Waals surface area contributed by atoms with Crippen LogP contribution in [0.3, 0.4) is 0 Å². The third-order valence-electron chi connectivity index (χ3n) is 8.29. The summed E-state index contributed by atoms with van der Waals surface area (Å²) in [6, 6.07) is 3.30. The van der Waals surface area contributed by atoms with E-state index in [1.165, 1.54) is 51.4 Å². The van der Waals surface area contributed by atoms with Crippen LogP contribution in [0.25, 0.3) is 0 Å². The lowest BCUT2D eigenvalue weighted by Gasteiger charge is -2.37. The van der Waals surface area contributed by atoms with Crippen LogP contribution in [-0.2, 0) is 0 Å². The number of unbranched alkanes of at least 4 members (excludes halogenated alkanes) is 3. The lowest BCUT2D eigenvalue weighted by Crippen LogP contribution is -2.25. The Bertz CT molecular complexity index is 868. The van der Waals surface area contributed by atoms with Crippen molar-refractivity contribution in [3.8, 4) is 0 Å². The van der Waals surface area contributed by atoms with Crippen molar-refractivity contribution in [2.75, 3.05) is 0 Å². The number of rotatable bonds is 9. The normalized spacial score (nSPS) is 26.1. The zero-order valence-electron chi connectivity index (χ0n) is 20.8. The van der Waals surface area contributed by atoms with E-state index in [1.807, 2.05) is 6.92 Å². The zero-order valence-corrected chi connectivity index (χ0v) is 20.8. The highest BCUT2D eigenvalue weighted by Crippen LogP contribution is 2.44. The van der Waals surface area contributed by atoms with Crippen molar-refractivity contribution in [3.05, 3.63) is 64.7 Å². The van der Waals surface area contributed by atoms with Gasteiger partial charge in [0.1, 0.15) is 11.6 Å². The summed E-state index contributed by atoms with van der Waals surface area (Å²) in [5, 5.41) is 0. The van der Waals surface area contributed by atoms with Crippen LogP contribution in [0.2, 0.25) is 0 Å². The highest BCUT2D eigenvalue weighted by Gasteiger charge is 2.31. The van der Waals surface area contributed by atoms with E-state index in [0.29, 0.717) is 17.4 Å². The second-order valence-electron chi connectivity index (χ2n) is 10.5. The molecule has 1 aromatic carbocycles. The lowest BCUT2D eigenvalue weighted by atomic mass is 9.68. The molecule has 0 radical (unpaired) electrons. The van der Waals surface area contributed by atoms with Crippen molar-refractivity contribution in [2.45, 2.75) is 109 Å². The number of allylic oxidation sites excluding steroid dienone is 1. The van der Waals surface area contributed by atoms with Gasteiger partial charge in [0.15, 0.2) is 0 Å². The molecule has 2 fully saturated rings. The van der Waals surface area contributed by atoms with E-state index in [4.69, 9.17) is 0 Å². The van der Waals surface area contributed by atoms with Crippen LogP contribution in [0.1, 0.15) is 130 Å². The van der Waals surface area contributed by atoms with E-state index in [1.54, 1.807) is 12.1 Å². The van der Waals surface area contributed by atoms with E-state index in [-0.39, 0.29) is 27.5 Å². The molecule has 0 bridgehead atoms. The molecule has 0 N–H and O–H groups in total. The Morgan fingerprint density at radius 3 is 2.15 bits per heavy atom. The maximum Gasteiger partial charge on any atom is 0.129 e. The molecule has 2 aliphatic rings. The second-order valence-corrected chi connectivity index (χ2v) is 10.5. The van der Waals surface area contributed by atoms with Gasteiger partial charge in [-0.25, -0.2) is 8.78 Å². The molecule has 0 heterocycles. The van der Waals surface area contributed by atoms with E-state index in [2.05, 4.69) is 36.8 Å². The van der Waals surface area contributed by atoms with Crippen LogP contribution in [0.5, 0.6) is 0 Å². The molecular weight excluding hydrogens is 410 g/mol. The predicted molar refractivity (Wildman–Crippen MR) is 149 cm³/mol. The molecule has 0 aromatic heterocycles. The molecule has 33 heavy (non-hydrogen) atoms. The largest absolute Gasteiger partial charge is 0.207 e. The van der Waals surface area contributed by atoms with Gasteiger partial charge in [0, 0.05) is 15.5 Å². The smallest absolute Gasteiger partial charge is 0.129 e. The molecule has 0 spiro atoms. The third kappa shape index (κ3) is 7.32. The van der Waals surface area contributed by atoms with Gasteiger partial charge in [0.25, 0.3) is 0 Å². The van der Waals surface area contributed by atoms with E-state index >= 15 is 0 Å². The zero-order chi connectivity index (χ0) is 23.6. The maximum absolute atomic E-state index is 14.9. The standard InChI is InChI=1S/C31H42F2.7H2/c1-4-6-8-10-11-23(3)31-29(32)21-28(22-30(31)33)27-19-17-26(18-20-27)25-15-13-24(14-16-25)12-9-7-5-2;;;;;;;/h12,21-27H,2,4,6,8,10-11,13-20H2,1,3H3;7*1H. The molecule has 0 aliphatic heterocycles. The van der Waals surface area contributed by atoms with Crippen molar-refractivity contribution in [3.63, 3.8) is 0 Å². The minimum absolute atomic E-state index is 0. The summed E-state index contributed by atoms with van der Waals surface area (Å²) in [7, 11) is 0. The van der Waals surface area contributed by atoms with Crippen molar-refractivity contribution in [1.29, 1.82) is 0 Å². The first-order valence-electron chi connectivity index (χ1n) is 13.4. The van der Waals surface area contributed by atoms with Gasteiger partial charge in [-0.2, -0.15) is 0 Å². The van der Waals surface area contributed by atoms with Crippen LogP contribution in [0.15, 0.2) is 42.0 Å². The monoisotopic (exact) mass is 466 g/mol. The van der Waals surface area contributed by atoms with Crippen LogP contribution < -0.4 is 0 Å². The Labute approximate surface area is 211 Å². The van der Waals surface area contributed by atoms with Crippen molar-refractivity contribution < 1.29 is 18.8 Å².